The van der Waals surface area contributed by atoms with Crippen molar-refractivity contribution in [2.75, 3.05) is 18.4 Å². The minimum atomic E-state index is -3.74. The molecule has 0 spiro atoms. The predicted molar refractivity (Wildman–Crippen MR) is 108 cm³/mol. The van der Waals surface area contributed by atoms with E-state index in [1.807, 2.05) is 12.3 Å². The van der Waals surface area contributed by atoms with E-state index in [4.69, 9.17) is 4.42 Å². The molecule has 0 bridgehead atoms. The number of aromatic nitrogens is 2. The number of fused-ring (bicyclic) bond motifs is 1. The van der Waals surface area contributed by atoms with Gasteiger partial charge in [0.05, 0.1) is 16.1 Å². The second kappa shape index (κ2) is 7.39. The summed E-state index contributed by atoms with van der Waals surface area (Å²) in [6.07, 6.45) is 0.857. The van der Waals surface area contributed by atoms with Crippen LogP contribution >= 0.6 is 11.3 Å². The average molecular weight is 437 g/mol. The van der Waals surface area contributed by atoms with Crippen LogP contribution < -0.4 is 11.1 Å². The maximum Gasteiger partial charge on any atom is 0.419 e. The fourth-order valence-electron chi connectivity index (χ4n) is 3.40. The Balaban J connectivity index is 1.46. The number of nitrogens with zero attached hydrogens (tertiary/aromatic N) is 3. The van der Waals surface area contributed by atoms with Crippen LogP contribution in [0.25, 0.3) is 11.1 Å². The zero-order chi connectivity index (χ0) is 20.8. The molecule has 154 valence electrons. The van der Waals surface area contributed by atoms with Gasteiger partial charge in [-0.15, -0.1) is 11.3 Å². The minimum absolute atomic E-state index is 0.0699. The summed E-state index contributed by atoms with van der Waals surface area (Å²) in [6.45, 7) is 2.34. The molecule has 0 saturated carbocycles. The Kier molecular flexibility index (Phi) is 5.05. The number of sulfonamides is 1. The second-order valence-electron chi connectivity index (χ2n) is 7.02. The van der Waals surface area contributed by atoms with Crippen molar-refractivity contribution in [3.05, 3.63) is 39.8 Å². The fraction of sp³-hybridized carbons (Fsp3) is 0.389. The first kappa shape index (κ1) is 19.8. The number of aryl methyl sites for hydroxylation is 2. The van der Waals surface area contributed by atoms with E-state index in [1.165, 1.54) is 32.3 Å². The third-order valence-corrected chi connectivity index (χ3v) is 7.85. The van der Waals surface area contributed by atoms with Crippen molar-refractivity contribution in [2.45, 2.75) is 24.7 Å². The molecule has 4 rings (SSSR count). The van der Waals surface area contributed by atoms with Gasteiger partial charge in [-0.3, -0.25) is 9.36 Å². The van der Waals surface area contributed by atoms with Crippen LogP contribution in [0.3, 0.4) is 0 Å². The van der Waals surface area contributed by atoms with Gasteiger partial charge in [0.1, 0.15) is 0 Å². The normalized spacial score (nSPS) is 16.3. The predicted octanol–water partition coefficient (Wildman–Crippen LogP) is 1.94. The molecule has 1 saturated heterocycles. The Labute approximate surface area is 171 Å². The maximum absolute atomic E-state index is 13.0. The van der Waals surface area contributed by atoms with Gasteiger partial charge in [-0.25, -0.2) is 18.2 Å². The van der Waals surface area contributed by atoms with Gasteiger partial charge >= 0.3 is 5.76 Å². The molecule has 29 heavy (non-hydrogen) atoms. The number of thiazole rings is 1. The van der Waals surface area contributed by atoms with Crippen LogP contribution in [0.2, 0.25) is 0 Å². The molecule has 11 heteroatoms. The number of benzene rings is 1. The monoisotopic (exact) mass is 436 g/mol. The third-order valence-electron chi connectivity index (χ3n) is 5.08. The number of amides is 1. The molecule has 3 heterocycles. The summed E-state index contributed by atoms with van der Waals surface area (Å²) >= 11 is 1.37. The van der Waals surface area contributed by atoms with Crippen LogP contribution in [0.15, 0.2) is 37.7 Å². The molecular weight excluding hydrogens is 416 g/mol. The van der Waals surface area contributed by atoms with E-state index in [-0.39, 0.29) is 35.4 Å². The summed E-state index contributed by atoms with van der Waals surface area (Å²) in [7, 11) is -2.18. The van der Waals surface area contributed by atoms with Crippen molar-refractivity contribution >= 4 is 43.5 Å². The lowest BCUT2D eigenvalue weighted by molar-refractivity contribution is -0.120. The first-order valence-corrected chi connectivity index (χ1v) is 11.4. The van der Waals surface area contributed by atoms with Gasteiger partial charge in [-0.05, 0) is 31.9 Å². The standard InChI is InChI=1S/C18H20N4O5S2/c1-11-10-28-17(19-11)20-16(23)12-5-7-22(8-6-12)29(25,26)13-3-4-14-15(9-13)27-18(24)21(14)2/h3-4,9-10,12H,5-8H2,1-2H3,(H,19,20,23). The lowest BCUT2D eigenvalue weighted by atomic mass is 9.97. The number of hydrogen-bond acceptors (Lipinski definition) is 7. The molecule has 0 unspecified atom stereocenters. The van der Waals surface area contributed by atoms with E-state index in [0.29, 0.717) is 23.5 Å². The third kappa shape index (κ3) is 3.72. The number of hydrogen-bond donors (Lipinski definition) is 1. The van der Waals surface area contributed by atoms with Gasteiger partial charge in [-0.1, -0.05) is 0 Å². The van der Waals surface area contributed by atoms with Crippen LogP contribution in [0.5, 0.6) is 0 Å². The Morgan fingerprint density at radius 1 is 1.31 bits per heavy atom. The molecule has 2 aromatic heterocycles. The SMILES string of the molecule is Cc1csc(NC(=O)C2CCN(S(=O)(=O)c3ccc4c(c3)oc(=O)n4C)CC2)n1. The fourth-order valence-corrected chi connectivity index (χ4v) is 5.58. The summed E-state index contributed by atoms with van der Waals surface area (Å²) in [4.78, 5) is 28.3. The van der Waals surface area contributed by atoms with Gasteiger partial charge in [0.2, 0.25) is 15.9 Å². The van der Waals surface area contributed by atoms with Gasteiger partial charge in [0.25, 0.3) is 0 Å². The van der Waals surface area contributed by atoms with Crippen LogP contribution in [0.1, 0.15) is 18.5 Å². The number of carbonyl (C=O) groups is 1. The van der Waals surface area contributed by atoms with E-state index in [2.05, 4.69) is 10.3 Å². The van der Waals surface area contributed by atoms with Crippen LogP contribution in [0, 0.1) is 12.8 Å². The van der Waals surface area contributed by atoms with Crippen LogP contribution in [0.4, 0.5) is 5.13 Å². The smallest absolute Gasteiger partial charge is 0.408 e. The Hall–Kier alpha value is -2.50. The second-order valence-corrected chi connectivity index (χ2v) is 9.81. The summed E-state index contributed by atoms with van der Waals surface area (Å²) < 4.78 is 33.7. The van der Waals surface area contributed by atoms with E-state index in [1.54, 1.807) is 13.1 Å². The molecule has 1 aliphatic rings. The van der Waals surface area contributed by atoms with Crippen molar-refractivity contribution < 1.29 is 17.6 Å². The summed E-state index contributed by atoms with van der Waals surface area (Å²) in [5.74, 6) is -0.944. The highest BCUT2D eigenvalue weighted by Crippen LogP contribution is 2.27. The quantitative estimate of drug-likeness (QED) is 0.668. The Morgan fingerprint density at radius 3 is 2.69 bits per heavy atom. The first-order chi connectivity index (χ1) is 13.8. The van der Waals surface area contributed by atoms with Gasteiger partial charge < -0.3 is 9.73 Å². The van der Waals surface area contributed by atoms with Crippen molar-refractivity contribution in [2.24, 2.45) is 13.0 Å². The summed E-state index contributed by atoms with van der Waals surface area (Å²) in [5, 5.41) is 5.21. The maximum atomic E-state index is 13.0. The number of anilines is 1. The Morgan fingerprint density at radius 2 is 2.03 bits per heavy atom. The molecular formula is C18H20N4O5S2. The number of piperidine rings is 1. The largest absolute Gasteiger partial charge is 0.419 e. The molecule has 1 aliphatic heterocycles. The van der Waals surface area contributed by atoms with Crippen molar-refractivity contribution in [1.82, 2.24) is 13.9 Å². The molecule has 0 aliphatic carbocycles. The number of nitrogens with one attached hydrogen (secondary N) is 1. The molecule has 1 N–H and O–H groups in total. The van der Waals surface area contributed by atoms with Gasteiger partial charge in [0, 0.05) is 37.5 Å². The highest BCUT2D eigenvalue weighted by atomic mass is 32.2. The average Bonchev–Trinajstić information content (AvgIpc) is 3.24. The number of oxazole rings is 1. The van der Waals surface area contributed by atoms with E-state index >= 15 is 0 Å². The molecule has 9 nitrogen and oxygen atoms in total. The highest BCUT2D eigenvalue weighted by Gasteiger charge is 2.32. The van der Waals surface area contributed by atoms with E-state index in [9.17, 15) is 18.0 Å². The molecule has 1 aromatic carbocycles. The number of rotatable bonds is 4. The van der Waals surface area contributed by atoms with Crippen molar-refractivity contribution in [3.63, 3.8) is 0 Å². The number of carbonyl (C=O) groups excluding carboxylic acids is 1. The highest BCUT2D eigenvalue weighted by molar-refractivity contribution is 7.89. The van der Waals surface area contributed by atoms with Crippen molar-refractivity contribution in [3.8, 4) is 0 Å². The zero-order valence-corrected chi connectivity index (χ0v) is 17.5. The molecule has 0 atom stereocenters. The molecule has 1 amide bonds. The van der Waals surface area contributed by atoms with Crippen LogP contribution in [-0.4, -0.2) is 41.3 Å². The van der Waals surface area contributed by atoms with E-state index < -0.39 is 15.8 Å². The van der Waals surface area contributed by atoms with Gasteiger partial charge in [-0.2, -0.15) is 4.31 Å². The summed E-state index contributed by atoms with van der Waals surface area (Å²) in [5.41, 5.74) is 1.60. The van der Waals surface area contributed by atoms with Gasteiger partial charge in [0.15, 0.2) is 10.7 Å². The van der Waals surface area contributed by atoms with Crippen LogP contribution in [-0.2, 0) is 21.9 Å². The minimum Gasteiger partial charge on any atom is -0.408 e. The Bertz CT molecular complexity index is 1230. The van der Waals surface area contributed by atoms with E-state index in [0.717, 1.165) is 5.69 Å². The summed E-state index contributed by atoms with van der Waals surface area (Å²) in [6, 6.07) is 4.40. The molecule has 3 aromatic rings. The topological polar surface area (TPSA) is 115 Å². The molecule has 0 radical (unpaired) electrons. The first-order valence-electron chi connectivity index (χ1n) is 9.08. The lowest BCUT2D eigenvalue weighted by Crippen LogP contribution is -2.41. The zero-order valence-electron chi connectivity index (χ0n) is 15.9. The lowest BCUT2D eigenvalue weighted by Gasteiger charge is -2.30. The van der Waals surface area contributed by atoms with Crippen molar-refractivity contribution in [1.29, 1.82) is 0 Å². The molecule has 1 fully saturated rings.